The number of ether oxygens (including phenoxy) is 1. The van der Waals surface area contributed by atoms with Gasteiger partial charge in [-0.2, -0.15) is 0 Å². The monoisotopic (exact) mass is 240 g/mol. The van der Waals surface area contributed by atoms with E-state index in [0.717, 1.165) is 18.8 Å². The summed E-state index contributed by atoms with van der Waals surface area (Å²) in [5, 5.41) is 15.2. The number of aliphatic hydroxyl groups excluding tert-OH is 2. The van der Waals surface area contributed by atoms with Crippen LogP contribution in [-0.4, -0.2) is 30.0 Å². The number of rotatable bonds is 4. The minimum atomic E-state index is -0.125. The summed E-state index contributed by atoms with van der Waals surface area (Å²) in [5.74, 6) is 0.962. The van der Waals surface area contributed by atoms with Crippen LogP contribution in [-0.2, 0) is 0 Å². The molecular formula is C14H24O3. The van der Waals surface area contributed by atoms with Crippen molar-refractivity contribution in [3.63, 3.8) is 0 Å². The minimum absolute atomic E-state index is 0.125. The molecule has 0 aromatic heterocycles. The fraction of sp³-hybridized carbons (Fsp3) is 0.429. The van der Waals surface area contributed by atoms with Crippen molar-refractivity contribution in [2.24, 2.45) is 0 Å². The molecule has 0 saturated carbocycles. The van der Waals surface area contributed by atoms with Crippen molar-refractivity contribution in [1.29, 1.82) is 0 Å². The number of allylic oxidation sites excluding steroid dienone is 1. The van der Waals surface area contributed by atoms with Crippen molar-refractivity contribution in [3.05, 3.63) is 43.0 Å². The SMILES string of the molecule is C=CC.CCCOc1ccccc1.OCCO. The fourth-order valence-corrected chi connectivity index (χ4v) is 0.737. The van der Waals surface area contributed by atoms with Gasteiger partial charge in [-0.1, -0.05) is 31.2 Å². The molecule has 3 heteroatoms. The molecule has 0 amide bonds. The highest BCUT2D eigenvalue weighted by Gasteiger charge is 1.86. The summed E-state index contributed by atoms with van der Waals surface area (Å²) in [6.07, 6.45) is 2.81. The van der Waals surface area contributed by atoms with Crippen LogP contribution < -0.4 is 4.74 Å². The highest BCUT2D eigenvalue weighted by atomic mass is 16.5. The Hall–Kier alpha value is -1.32. The van der Waals surface area contributed by atoms with Crippen LogP contribution in [0.2, 0.25) is 0 Å². The number of benzene rings is 1. The number of aliphatic hydroxyl groups is 2. The summed E-state index contributed by atoms with van der Waals surface area (Å²) < 4.78 is 5.36. The molecular weight excluding hydrogens is 216 g/mol. The highest BCUT2D eigenvalue weighted by molar-refractivity contribution is 5.20. The first-order valence-electron chi connectivity index (χ1n) is 5.73. The lowest BCUT2D eigenvalue weighted by molar-refractivity contribution is 0.186. The van der Waals surface area contributed by atoms with Crippen molar-refractivity contribution in [2.75, 3.05) is 19.8 Å². The second kappa shape index (κ2) is 17.1. The van der Waals surface area contributed by atoms with E-state index in [9.17, 15) is 0 Å². The first-order chi connectivity index (χ1) is 8.26. The molecule has 0 bridgehead atoms. The zero-order valence-corrected chi connectivity index (χ0v) is 10.8. The van der Waals surface area contributed by atoms with Crippen LogP contribution in [0, 0.1) is 0 Å². The fourth-order valence-electron chi connectivity index (χ4n) is 0.737. The third-order valence-electron chi connectivity index (χ3n) is 1.32. The van der Waals surface area contributed by atoms with Gasteiger partial charge in [-0.3, -0.25) is 0 Å². The van der Waals surface area contributed by atoms with E-state index in [1.54, 1.807) is 6.08 Å². The Morgan fingerprint density at radius 2 is 1.65 bits per heavy atom. The summed E-state index contributed by atoms with van der Waals surface area (Å²) in [4.78, 5) is 0. The zero-order valence-electron chi connectivity index (χ0n) is 10.8. The second-order valence-electron chi connectivity index (χ2n) is 3.02. The molecule has 0 aliphatic carbocycles. The van der Waals surface area contributed by atoms with E-state index in [1.165, 1.54) is 0 Å². The van der Waals surface area contributed by atoms with E-state index >= 15 is 0 Å². The first kappa shape index (κ1) is 18.1. The Kier molecular flexibility index (Phi) is 18.1. The molecule has 0 radical (unpaired) electrons. The molecule has 98 valence electrons. The molecule has 0 fully saturated rings. The third kappa shape index (κ3) is 17.3. The summed E-state index contributed by atoms with van der Waals surface area (Å²) in [7, 11) is 0. The molecule has 0 saturated heterocycles. The lowest BCUT2D eigenvalue weighted by Gasteiger charge is -2.01. The van der Waals surface area contributed by atoms with E-state index in [4.69, 9.17) is 14.9 Å². The average Bonchev–Trinajstić information content (AvgIpc) is 2.39. The van der Waals surface area contributed by atoms with Gasteiger partial charge in [0.2, 0.25) is 0 Å². The maximum absolute atomic E-state index is 7.62. The molecule has 3 nitrogen and oxygen atoms in total. The molecule has 0 aliphatic heterocycles. The Balaban J connectivity index is 0. The van der Waals surface area contributed by atoms with Gasteiger partial charge >= 0.3 is 0 Å². The zero-order chi connectivity index (χ0) is 13.4. The van der Waals surface area contributed by atoms with Crippen molar-refractivity contribution < 1.29 is 14.9 Å². The topological polar surface area (TPSA) is 49.7 Å². The van der Waals surface area contributed by atoms with Gasteiger partial charge in [0.1, 0.15) is 5.75 Å². The second-order valence-corrected chi connectivity index (χ2v) is 3.02. The molecule has 0 unspecified atom stereocenters. The quantitative estimate of drug-likeness (QED) is 0.795. The Labute approximate surface area is 104 Å². The Morgan fingerprint density at radius 1 is 1.18 bits per heavy atom. The van der Waals surface area contributed by atoms with Crippen molar-refractivity contribution >= 4 is 0 Å². The van der Waals surface area contributed by atoms with E-state index in [-0.39, 0.29) is 13.2 Å². The van der Waals surface area contributed by atoms with Gasteiger partial charge in [-0.25, -0.2) is 0 Å². The molecule has 1 aromatic rings. The van der Waals surface area contributed by atoms with Crippen LogP contribution in [0.1, 0.15) is 20.3 Å². The van der Waals surface area contributed by atoms with Crippen LogP contribution in [0.25, 0.3) is 0 Å². The maximum atomic E-state index is 7.62. The van der Waals surface area contributed by atoms with E-state index in [2.05, 4.69) is 13.5 Å². The van der Waals surface area contributed by atoms with E-state index in [1.807, 2.05) is 37.3 Å². The summed E-state index contributed by atoms with van der Waals surface area (Å²) >= 11 is 0. The van der Waals surface area contributed by atoms with E-state index < -0.39 is 0 Å². The van der Waals surface area contributed by atoms with Gasteiger partial charge in [0.25, 0.3) is 0 Å². The summed E-state index contributed by atoms with van der Waals surface area (Å²) in [6.45, 7) is 7.91. The number of hydrogen-bond donors (Lipinski definition) is 2. The predicted molar refractivity (Wildman–Crippen MR) is 72.3 cm³/mol. The predicted octanol–water partition coefficient (Wildman–Crippen LogP) is 2.64. The number of para-hydroxylation sites is 1. The largest absolute Gasteiger partial charge is 0.494 e. The lowest BCUT2D eigenvalue weighted by Crippen LogP contribution is -1.93. The Bertz CT molecular complexity index is 232. The highest BCUT2D eigenvalue weighted by Crippen LogP contribution is 2.07. The summed E-state index contributed by atoms with van der Waals surface area (Å²) in [6, 6.07) is 9.88. The molecule has 2 N–H and O–H groups in total. The van der Waals surface area contributed by atoms with Crippen LogP contribution in [0.5, 0.6) is 5.75 Å². The first-order valence-corrected chi connectivity index (χ1v) is 5.73. The number of hydrogen-bond acceptors (Lipinski definition) is 3. The van der Waals surface area contributed by atoms with Gasteiger partial charge in [0.05, 0.1) is 19.8 Å². The van der Waals surface area contributed by atoms with Gasteiger partial charge in [-0.15, -0.1) is 6.58 Å². The molecule has 0 atom stereocenters. The standard InChI is InChI=1S/C9H12O.C3H6.C2H6O2/c1-2-8-10-9-6-4-3-5-7-9;1-3-2;3-1-2-4/h3-7H,2,8H2,1H3;3H,1H2,2H3;3-4H,1-2H2. The van der Waals surface area contributed by atoms with Crippen LogP contribution in [0.15, 0.2) is 43.0 Å². The van der Waals surface area contributed by atoms with Crippen LogP contribution in [0.4, 0.5) is 0 Å². The minimum Gasteiger partial charge on any atom is -0.494 e. The molecule has 0 heterocycles. The molecule has 17 heavy (non-hydrogen) atoms. The van der Waals surface area contributed by atoms with Gasteiger partial charge < -0.3 is 14.9 Å². The molecule has 0 spiro atoms. The van der Waals surface area contributed by atoms with Crippen LogP contribution in [0.3, 0.4) is 0 Å². The van der Waals surface area contributed by atoms with Gasteiger partial charge in [0.15, 0.2) is 0 Å². The van der Waals surface area contributed by atoms with Crippen molar-refractivity contribution in [1.82, 2.24) is 0 Å². The third-order valence-corrected chi connectivity index (χ3v) is 1.32. The molecule has 1 rings (SSSR count). The van der Waals surface area contributed by atoms with Crippen LogP contribution >= 0.6 is 0 Å². The van der Waals surface area contributed by atoms with E-state index in [0.29, 0.717) is 0 Å². The average molecular weight is 240 g/mol. The molecule has 1 aromatic carbocycles. The molecule has 0 aliphatic rings. The Morgan fingerprint density at radius 3 is 2.00 bits per heavy atom. The maximum Gasteiger partial charge on any atom is 0.119 e. The smallest absolute Gasteiger partial charge is 0.119 e. The normalized spacial score (nSPS) is 8.00. The summed E-state index contributed by atoms with van der Waals surface area (Å²) in [5.41, 5.74) is 0. The van der Waals surface area contributed by atoms with Gasteiger partial charge in [0, 0.05) is 0 Å². The van der Waals surface area contributed by atoms with Crippen molar-refractivity contribution in [3.8, 4) is 5.75 Å². The van der Waals surface area contributed by atoms with Gasteiger partial charge in [-0.05, 0) is 25.5 Å². The lowest BCUT2D eigenvalue weighted by atomic mass is 10.3. The van der Waals surface area contributed by atoms with Crippen molar-refractivity contribution in [2.45, 2.75) is 20.3 Å².